The topological polar surface area (TPSA) is 68.0 Å². The number of hydrogen-bond acceptors (Lipinski definition) is 4. The lowest BCUT2D eigenvalue weighted by molar-refractivity contribution is -0.123. The number of halogens is 2. The Hall–Kier alpha value is -0.360. The second kappa shape index (κ2) is 9.55. The third kappa shape index (κ3) is 6.54. The van der Waals surface area contributed by atoms with Crippen molar-refractivity contribution >= 4 is 42.1 Å². The third-order valence-electron chi connectivity index (χ3n) is 2.37. The predicted octanol–water partition coefficient (Wildman–Crippen LogP) is 1.94. The van der Waals surface area contributed by atoms with Crippen LogP contribution < -0.4 is 11.1 Å². The molecule has 1 rings (SSSR count). The van der Waals surface area contributed by atoms with E-state index in [2.05, 4.69) is 10.3 Å². The van der Waals surface area contributed by atoms with Crippen molar-refractivity contribution in [3.8, 4) is 0 Å². The summed E-state index contributed by atoms with van der Waals surface area (Å²) in [5, 5.41) is 5.90. The van der Waals surface area contributed by atoms with Gasteiger partial charge in [-0.2, -0.15) is 0 Å². The second-order valence-corrected chi connectivity index (χ2v) is 5.23. The quantitative estimate of drug-likeness (QED) is 0.873. The van der Waals surface area contributed by atoms with E-state index in [1.165, 1.54) is 0 Å². The fourth-order valence-electron chi connectivity index (χ4n) is 1.26. The van der Waals surface area contributed by atoms with E-state index < -0.39 is 6.04 Å². The molecule has 0 aliphatic heterocycles. The average Bonchev–Trinajstić information content (AvgIpc) is 2.62. The van der Waals surface area contributed by atoms with E-state index >= 15 is 0 Å². The first-order valence-corrected chi connectivity index (χ1v) is 6.33. The van der Waals surface area contributed by atoms with Gasteiger partial charge in [0.1, 0.15) is 0 Å². The molecular formula is C11H21Cl2N3OS. The van der Waals surface area contributed by atoms with Crippen LogP contribution in [0.3, 0.4) is 0 Å². The zero-order valence-corrected chi connectivity index (χ0v) is 13.3. The summed E-state index contributed by atoms with van der Waals surface area (Å²) in [6.45, 7) is 6.45. The molecule has 0 bridgehead atoms. The molecule has 0 aliphatic rings. The molecule has 0 aromatic carbocycles. The number of aryl methyl sites for hydroxylation is 1. The van der Waals surface area contributed by atoms with Crippen LogP contribution in [0, 0.1) is 12.8 Å². The van der Waals surface area contributed by atoms with E-state index in [1.807, 2.05) is 26.2 Å². The Kier molecular flexibility index (Phi) is 10.6. The summed E-state index contributed by atoms with van der Waals surface area (Å²) in [5.41, 5.74) is 6.75. The van der Waals surface area contributed by atoms with Crippen molar-refractivity contribution in [1.29, 1.82) is 0 Å². The molecular weight excluding hydrogens is 293 g/mol. The number of nitrogens with two attached hydrogens (primary N) is 1. The fraction of sp³-hybridized carbons (Fsp3) is 0.636. The van der Waals surface area contributed by atoms with Gasteiger partial charge in [-0.1, -0.05) is 13.8 Å². The second-order valence-electron chi connectivity index (χ2n) is 4.17. The number of aromatic nitrogens is 1. The maximum absolute atomic E-state index is 11.5. The van der Waals surface area contributed by atoms with Gasteiger partial charge in [0.15, 0.2) is 0 Å². The zero-order valence-electron chi connectivity index (χ0n) is 10.8. The van der Waals surface area contributed by atoms with Gasteiger partial charge in [-0.25, -0.2) is 4.98 Å². The van der Waals surface area contributed by atoms with Gasteiger partial charge in [-0.15, -0.1) is 36.2 Å². The minimum absolute atomic E-state index is 0. The van der Waals surface area contributed by atoms with Gasteiger partial charge in [0.2, 0.25) is 5.91 Å². The van der Waals surface area contributed by atoms with Crippen molar-refractivity contribution in [2.75, 3.05) is 6.54 Å². The van der Waals surface area contributed by atoms with E-state index in [4.69, 9.17) is 5.73 Å². The van der Waals surface area contributed by atoms with Crippen LogP contribution in [-0.4, -0.2) is 23.5 Å². The summed E-state index contributed by atoms with van der Waals surface area (Å²) >= 11 is 1.63. The molecule has 1 heterocycles. The molecule has 0 aliphatic carbocycles. The van der Waals surface area contributed by atoms with E-state index in [0.717, 1.165) is 17.1 Å². The van der Waals surface area contributed by atoms with Crippen LogP contribution >= 0.6 is 36.2 Å². The van der Waals surface area contributed by atoms with Crippen molar-refractivity contribution in [3.05, 3.63) is 16.1 Å². The highest BCUT2D eigenvalue weighted by Crippen LogP contribution is 2.07. The van der Waals surface area contributed by atoms with E-state index in [1.54, 1.807) is 11.3 Å². The van der Waals surface area contributed by atoms with Gasteiger partial charge in [0.05, 0.1) is 16.7 Å². The molecule has 0 radical (unpaired) electrons. The number of rotatable bonds is 5. The first-order valence-electron chi connectivity index (χ1n) is 5.45. The maximum atomic E-state index is 11.5. The van der Waals surface area contributed by atoms with Crippen LogP contribution in [0.5, 0.6) is 0 Å². The smallest absolute Gasteiger partial charge is 0.237 e. The van der Waals surface area contributed by atoms with Crippen LogP contribution in [-0.2, 0) is 11.2 Å². The highest BCUT2D eigenvalue weighted by Gasteiger charge is 2.16. The van der Waals surface area contributed by atoms with Crippen molar-refractivity contribution in [3.63, 3.8) is 0 Å². The van der Waals surface area contributed by atoms with Crippen LogP contribution in [0.4, 0.5) is 0 Å². The standard InChI is InChI=1S/C11H19N3OS.2ClH/c1-7(2)10(12)11(15)13-5-4-9-6-16-8(3)14-9;;/h6-7,10H,4-5,12H2,1-3H3,(H,13,15);2*1H/t10-;;/m1../s1. The highest BCUT2D eigenvalue weighted by molar-refractivity contribution is 7.09. The molecule has 106 valence electrons. The number of carbonyl (C=O) groups excluding carboxylic acids is 1. The summed E-state index contributed by atoms with van der Waals surface area (Å²) in [4.78, 5) is 15.8. The van der Waals surface area contributed by atoms with Gasteiger partial charge < -0.3 is 11.1 Å². The summed E-state index contributed by atoms with van der Waals surface area (Å²) < 4.78 is 0. The Labute approximate surface area is 125 Å². The van der Waals surface area contributed by atoms with Crippen LogP contribution in [0.15, 0.2) is 5.38 Å². The summed E-state index contributed by atoms with van der Waals surface area (Å²) in [5.74, 6) is 0.0865. The molecule has 0 fully saturated rings. The average molecular weight is 314 g/mol. The Morgan fingerprint density at radius 1 is 1.50 bits per heavy atom. The lowest BCUT2D eigenvalue weighted by Crippen LogP contribution is -2.44. The highest BCUT2D eigenvalue weighted by atomic mass is 35.5. The molecule has 0 spiro atoms. The van der Waals surface area contributed by atoms with Crippen molar-refractivity contribution in [2.24, 2.45) is 11.7 Å². The van der Waals surface area contributed by atoms with E-state index in [-0.39, 0.29) is 36.6 Å². The van der Waals surface area contributed by atoms with Crippen molar-refractivity contribution < 1.29 is 4.79 Å². The SMILES string of the molecule is Cc1nc(CCNC(=O)[C@H](N)C(C)C)cs1.Cl.Cl. The lowest BCUT2D eigenvalue weighted by atomic mass is 10.1. The van der Waals surface area contributed by atoms with E-state index in [9.17, 15) is 4.79 Å². The minimum Gasteiger partial charge on any atom is -0.354 e. The van der Waals surface area contributed by atoms with Crippen molar-refractivity contribution in [1.82, 2.24) is 10.3 Å². The first kappa shape index (κ1) is 20.0. The molecule has 1 atom stereocenters. The monoisotopic (exact) mass is 313 g/mol. The largest absolute Gasteiger partial charge is 0.354 e. The molecule has 3 N–H and O–H groups in total. The van der Waals surface area contributed by atoms with Gasteiger partial charge in [-0.3, -0.25) is 4.79 Å². The zero-order chi connectivity index (χ0) is 12.1. The minimum atomic E-state index is -0.419. The van der Waals surface area contributed by atoms with Crippen LogP contribution in [0.25, 0.3) is 0 Å². The molecule has 0 saturated carbocycles. The molecule has 1 aromatic rings. The summed E-state index contributed by atoms with van der Waals surface area (Å²) in [7, 11) is 0. The van der Waals surface area contributed by atoms with Gasteiger partial charge in [0.25, 0.3) is 0 Å². The first-order chi connectivity index (χ1) is 7.50. The number of nitrogens with zero attached hydrogens (tertiary/aromatic N) is 1. The van der Waals surface area contributed by atoms with E-state index in [0.29, 0.717) is 6.54 Å². The van der Waals surface area contributed by atoms with Crippen LogP contribution in [0.1, 0.15) is 24.5 Å². The Morgan fingerprint density at radius 2 is 2.11 bits per heavy atom. The molecule has 18 heavy (non-hydrogen) atoms. The maximum Gasteiger partial charge on any atom is 0.237 e. The number of thiazole rings is 1. The molecule has 1 amide bonds. The summed E-state index contributed by atoms with van der Waals surface area (Å²) in [6, 6.07) is -0.419. The number of hydrogen-bond donors (Lipinski definition) is 2. The molecule has 0 saturated heterocycles. The molecule has 1 aromatic heterocycles. The number of amides is 1. The molecule has 4 nitrogen and oxygen atoms in total. The fourth-order valence-corrected chi connectivity index (χ4v) is 1.90. The predicted molar refractivity (Wildman–Crippen MR) is 80.9 cm³/mol. The van der Waals surface area contributed by atoms with Gasteiger partial charge >= 0.3 is 0 Å². The third-order valence-corrected chi connectivity index (χ3v) is 3.19. The van der Waals surface area contributed by atoms with Gasteiger partial charge in [-0.05, 0) is 12.8 Å². The van der Waals surface area contributed by atoms with Crippen molar-refractivity contribution in [2.45, 2.75) is 33.2 Å². The number of carbonyl (C=O) groups is 1. The Bertz CT molecular complexity index is 358. The lowest BCUT2D eigenvalue weighted by Gasteiger charge is -2.14. The Morgan fingerprint density at radius 3 is 2.56 bits per heavy atom. The Balaban J connectivity index is 0. The molecule has 0 unspecified atom stereocenters. The van der Waals surface area contributed by atoms with Gasteiger partial charge in [0, 0.05) is 18.3 Å². The number of nitrogens with one attached hydrogen (secondary N) is 1. The summed E-state index contributed by atoms with van der Waals surface area (Å²) in [6.07, 6.45) is 0.765. The normalized spacial score (nSPS) is 11.4. The van der Waals surface area contributed by atoms with Crippen LogP contribution in [0.2, 0.25) is 0 Å². The molecule has 7 heteroatoms.